The Labute approximate surface area is 108 Å². The van der Waals surface area contributed by atoms with Crippen molar-refractivity contribution in [3.8, 4) is 6.07 Å². The molecule has 0 aromatic carbocycles. The van der Waals surface area contributed by atoms with E-state index < -0.39 is 0 Å². The van der Waals surface area contributed by atoms with Gasteiger partial charge >= 0.3 is 0 Å². The van der Waals surface area contributed by atoms with Crippen LogP contribution in [0.3, 0.4) is 0 Å². The molecule has 1 rings (SSSR count). The summed E-state index contributed by atoms with van der Waals surface area (Å²) in [5.74, 6) is -0.267. The molecule has 0 saturated carbocycles. The fourth-order valence-corrected chi connectivity index (χ4v) is 1.31. The molecule has 5 nitrogen and oxygen atoms in total. The van der Waals surface area contributed by atoms with Gasteiger partial charge in [0.15, 0.2) is 0 Å². The van der Waals surface area contributed by atoms with Crippen molar-refractivity contribution in [3.05, 3.63) is 29.6 Å². The fourth-order valence-electron chi connectivity index (χ4n) is 1.08. The Hall–Kier alpha value is -1.45. The van der Waals surface area contributed by atoms with E-state index in [2.05, 4.69) is 26.2 Å². The Balaban J connectivity index is 2.34. The third-order valence-electron chi connectivity index (χ3n) is 1.88. The molecule has 0 saturated heterocycles. The number of rotatable bonds is 6. The SMILES string of the molecule is N#Cc1ccc(C(=O)NCCOCCBr)nc1. The zero-order valence-electron chi connectivity index (χ0n) is 9.15. The highest BCUT2D eigenvalue weighted by molar-refractivity contribution is 9.09. The minimum Gasteiger partial charge on any atom is -0.379 e. The van der Waals surface area contributed by atoms with Gasteiger partial charge in [-0.2, -0.15) is 5.26 Å². The molecule has 0 unspecified atom stereocenters. The highest BCUT2D eigenvalue weighted by Gasteiger charge is 2.05. The van der Waals surface area contributed by atoms with Crippen LogP contribution in [0.4, 0.5) is 0 Å². The third-order valence-corrected chi connectivity index (χ3v) is 2.20. The molecular weight excluding hydrogens is 286 g/mol. The number of carbonyl (C=O) groups is 1. The minimum absolute atomic E-state index is 0.267. The van der Waals surface area contributed by atoms with Crippen LogP contribution in [0, 0.1) is 11.3 Å². The molecule has 6 heteroatoms. The molecule has 1 aromatic heterocycles. The second kappa shape index (κ2) is 7.76. The first-order chi connectivity index (χ1) is 8.27. The first kappa shape index (κ1) is 13.6. The Morgan fingerprint density at radius 2 is 2.35 bits per heavy atom. The zero-order chi connectivity index (χ0) is 12.5. The van der Waals surface area contributed by atoms with Crippen LogP contribution in [-0.2, 0) is 4.74 Å². The predicted octanol–water partition coefficient (Wildman–Crippen LogP) is 1.09. The van der Waals surface area contributed by atoms with E-state index >= 15 is 0 Å². The van der Waals surface area contributed by atoms with Gasteiger partial charge in [-0.1, -0.05) is 15.9 Å². The van der Waals surface area contributed by atoms with E-state index in [0.29, 0.717) is 31.0 Å². The smallest absolute Gasteiger partial charge is 0.269 e. The minimum atomic E-state index is -0.267. The number of nitrogens with zero attached hydrogens (tertiary/aromatic N) is 2. The van der Waals surface area contributed by atoms with Crippen molar-refractivity contribution in [3.63, 3.8) is 0 Å². The number of halogens is 1. The topological polar surface area (TPSA) is 75.0 Å². The van der Waals surface area contributed by atoms with Crippen molar-refractivity contribution in [2.24, 2.45) is 0 Å². The number of amides is 1. The van der Waals surface area contributed by atoms with Gasteiger partial charge in [-0.3, -0.25) is 4.79 Å². The van der Waals surface area contributed by atoms with E-state index in [1.54, 1.807) is 6.07 Å². The maximum atomic E-state index is 11.6. The molecule has 0 fully saturated rings. The van der Waals surface area contributed by atoms with Gasteiger partial charge in [-0.15, -0.1) is 0 Å². The molecule has 0 radical (unpaired) electrons. The third kappa shape index (κ3) is 4.93. The van der Waals surface area contributed by atoms with Crippen LogP contribution in [0.5, 0.6) is 0 Å². The van der Waals surface area contributed by atoms with Crippen molar-refractivity contribution in [1.82, 2.24) is 10.3 Å². The molecule has 1 heterocycles. The van der Waals surface area contributed by atoms with E-state index in [-0.39, 0.29) is 5.91 Å². The Morgan fingerprint density at radius 3 is 2.94 bits per heavy atom. The summed E-state index contributed by atoms with van der Waals surface area (Å²) in [6.07, 6.45) is 1.37. The van der Waals surface area contributed by atoms with Gasteiger partial charge in [0.25, 0.3) is 5.91 Å². The van der Waals surface area contributed by atoms with Crippen molar-refractivity contribution >= 4 is 21.8 Å². The quantitative estimate of drug-likeness (QED) is 0.630. The molecule has 1 N–H and O–H groups in total. The lowest BCUT2D eigenvalue weighted by molar-refractivity contribution is 0.0919. The highest BCUT2D eigenvalue weighted by atomic mass is 79.9. The number of hydrogen-bond acceptors (Lipinski definition) is 4. The van der Waals surface area contributed by atoms with Crippen LogP contribution in [0.1, 0.15) is 16.1 Å². The number of carbonyl (C=O) groups excluding carboxylic acids is 1. The Morgan fingerprint density at radius 1 is 1.53 bits per heavy atom. The molecule has 0 aliphatic heterocycles. The molecule has 0 aliphatic rings. The first-order valence-corrected chi connectivity index (χ1v) is 6.18. The average molecular weight is 298 g/mol. The number of pyridine rings is 1. The summed E-state index contributed by atoms with van der Waals surface area (Å²) in [6, 6.07) is 5.02. The Bertz CT molecular complexity index is 400. The Kier molecular flexibility index (Phi) is 6.22. The molecule has 90 valence electrons. The highest BCUT2D eigenvalue weighted by Crippen LogP contribution is 1.98. The summed E-state index contributed by atoms with van der Waals surface area (Å²) >= 11 is 3.23. The second-order valence-electron chi connectivity index (χ2n) is 3.10. The van der Waals surface area contributed by atoms with Gasteiger partial charge in [0.1, 0.15) is 11.8 Å². The lowest BCUT2D eigenvalue weighted by atomic mass is 10.2. The monoisotopic (exact) mass is 297 g/mol. The number of alkyl halides is 1. The number of nitriles is 1. The van der Waals surface area contributed by atoms with Gasteiger partial charge in [0, 0.05) is 18.1 Å². The van der Waals surface area contributed by atoms with E-state index in [9.17, 15) is 4.79 Å². The number of hydrogen-bond donors (Lipinski definition) is 1. The molecular formula is C11H12BrN3O2. The van der Waals surface area contributed by atoms with Crippen LogP contribution in [0.2, 0.25) is 0 Å². The normalized spacial score (nSPS) is 9.65. The zero-order valence-corrected chi connectivity index (χ0v) is 10.7. The van der Waals surface area contributed by atoms with Gasteiger partial charge in [0.05, 0.1) is 18.8 Å². The predicted molar refractivity (Wildman–Crippen MR) is 65.9 cm³/mol. The summed E-state index contributed by atoms with van der Waals surface area (Å²) in [5, 5.41) is 12.0. The van der Waals surface area contributed by atoms with Crippen LogP contribution >= 0.6 is 15.9 Å². The summed E-state index contributed by atoms with van der Waals surface area (Å²) in [7, 11) is 0. The van der Waals surface area contributed by atoms with Gasteiger partial charge in [-0.05, 0) is 12.1 Å². The van der Waals surface area contributed by atoms with E-state index in [0.717, 1.165) is 5.33 Å². The molecule has 0 atom stereocenters. The average Bonchev–Trinajstić information content (AvgIpc) is 2.38. The van der Waals surface area contributed by atoms with Crippen LogP contribution in [0.25, 0.3) is 0 Å². The summed E-state index contributed by atoms with van der Waals surface area (Å²) in [6.45, 7) is 1.52. The molecule has 17 heavy (non-hydrogen) atoms. The van der Waals surface area contributed by atoms with Gasteiger partial charge < -0.3 is 10.1 Å². The van der Waals surface area contributed by atoms with Crippen LogP contribution in [-0.4, -0.2) is 36.0 Å². The molecule has 1 aromatic rings. The van der Waals surface area contributed by atoms with Crippen molar-refractivity contribution in [2.75, 3.05) is 25.1 Å². The van der Waals surface area contributed by atoms with Crippen molar-refractivity contribution in [1.29, 1.82) is 5.26 Å². The molecule has 1 amide bonds. The number of ether oxygens (including phenoxy) is 1. The van der Waals surface area contributed by atoms with Crippen LogP contribution < -0.4 is 5.32 Å². The number of nitrogens with one attached hydrogen (secondary N) is 1. The maximum absolute atomic E-state index is 11.6. The van der Waals surface area contributed by atoms with Gasteiger partial charge in [-0.25, -0.2) is 4.98 Å². The maximum Gasteiger partial charge on any atom is 0.269 e. The van der Waals surface area contributed by atoms with E-state index in [1.165, 1.54) is 12.3 Å². The van der Waals surface area contributed by atoms with E-state index in [1.807, 2.05) is 6.07 Å². The van der Waals surface area contributed by atoms with Crippen LogP contribution in [0.15, 0.2) is 18.3 Å². The molecule has 0 bridgehead atoms. The number of aromatic nitrogens is 1. The lowest BCUT2D eigenvalue weighted by Gasteiger charge is -2.04. The van der Waals surface area contributed by atoms with E-state index in [4.69, 9.17) is 10.00 Å². The second-order valence-corrected chi connectivity index (χ2v) is 3.89. The lowest BCUT2D eigenvalue weighted by Crippen LogP contribution is -2.28. The molecule has 0 aliphatic carbocycles. The molecule has 0 spiro atoms. The summed E-state index contributed by atoms with van der Waals surface area (Å²) < 4.78 is 5.18. The van der Waals surface area contributed by atoms with Crippen molar-refractivity contribution < 1.29 is 9.53 Å². The standard InChI is InChI=1S/C11H12BrN3O2/c12-3-5-17-6-4-14-11(16)10-2-1-9(7-13)8-15-10/h1-2,8H,3-6H2,(H,14,16). The van der Waals surface area contributed by atoms with Gasteiger partial charge in [0.2, 0.25) is 0 Å². The summed E-state index contributed by atoms with van der Waals surface area (Å²) in [5.41, 5.74) is 0.728. The summed E-state index contributed by atoms with van der Waals surface area (Å²) in [4.78, 5) is 15.4. The van der Waals surface area contributed by atoms with Crippen molar-refractivity contribution in [2.45, 2.75) is 0 Å². The largest absolute Gasteiger partial charge is 0.379 e. The first-order valence-electron chi connectivity index (χ1n) is 5.06. The fraction of sp³-hybridized carbons (Fsp3) is 0.364.